The number of rotatable bonds is 4. The maximum absolute atomic E-state index is 11.8. The minimum atomic E-state index is -3.10. The molecular formula is C10H21NO3S. The smallest absolute Gasteiger partial charge is 0.154 e. The van der Waals surface area contributed by atoms with Crippen molar-refractivity contribution in [2.45, 2.75) is 24.5 Å². The molecule has 0 unspecified atom stereocenters. The molecule has 0 aromatic carbocycles. The largest absolute Gasteiger partial charge is 0.384 e. The Balaban J connectivity index is 2.93. The third-order valence-corrected chi connectivity index (χ3v) is 5.92. The highest BCUT2D eigenvalue weighted by Crippen LogP contribution is 2.44. The Morgan fingerprint density at radius 1 is 1.53 bits per heavy atom. The summed E-state index contributed by atoms with van der Waals surface area (Å²) in [4.78, 5) is 0. The number of ether oxygens (including phenoxy) is 1. The molecule has 0 radical (unpaired) electrons. The zero-order chi connectivity index (χ0) is 11.7. The van der Waals surface area contributed by atoms with E-state index in [0.717, 1.165) is 6.42 Å². The van der Waals surface area contributed by atoms with E-state index in [4.69, 9.17) is 10.5 Å². The van der Waals surface area contributed by atoms with Gasteiger partial charge in [0.2, 0.25) is 0 Å². The van der Waals surface area contributed by atoms with Crippen LogP contribution < -0.4 is 5.73 Å². The summed E-state index contributed by atoms with van der Waals surface area (Å²) < 4.78 is 28.0. The van der Waals surface area contributed by atoms with Gasteiger partial charge in [0.05, 0.1) is 4.75 Å². The summed E-state index contributed by atoms with van der Waals surface area (Å²) in [5.41, 5.74) is 5.68. The molecule has 15 heavy (non-hydrogen) atoms. The van der Waals surface area contributed by atoms with Crippen LogP contribution in [-0.4, -0.2) is 39.7 Å². The number of hydrogen-bond donors (Lipinski definition) is 1. The van der Waals surface area contributed by atoms with E-state index in [1.54, 1.807) is 7.11 Å². The van der Waals surface area contributed by atoms with Crippen molar-refractivity contribution in [3.8, 4) is 0 Å². The SMILES string of the molecule is COC[C@@H]1C[C@H](C)[C@](CN)(S(C)(=O)=O)C1. The van der Waals surface area contributed by atoms with Gasteiger partial charge in [-0.25, -0.2) is 8.42 Å². The van der Waals surface area contributed by atoms with Gasteiger partial charge < -0.3 is 10.5 Å². The maximum atomic E-state index is 11.8. The third kappa shape index (κ3) is 2.19. The fourth-order valence-corrected chi connectivity index (χ4v) is 4.47. The molecule has 0 aromatic heterocycles. The second kappa shape index (κ2) is 4.39. The summed E-state index contributed by atoms with van der Waals surface area (Å²) in [5, 5.41) is 0. The molecule has 3 atom stereocenters. The van der Waals surface area contributed by atoms with Crippen LogP contribution >= 0.6 is 0 Å². The van der Waals surface area contributed by atoms with Crippen LogP contribution in [0.1, 0.15) is 19.8 Å². The summed E-state index contributed by atoms with van der Waals surface area (Å²) in [6.45, 7) is 2.82. The first-order valence-corrected chi connectivity index (χ1v) is 7.15. The first-order chi connectivity index (χ1) is 6.87. The van der Waals surface area contributed by atoms with E-state index in [2.05, 4.69) is 0 Å². The topological polar surface area (TPSA) is 69.4 Å². The molecule has 1 fully saturated rings. The minimum Gasteiger partial charge on any atom is -0.384 e. The third-order valence-electron chi connectivity index (χ3n) is 3.71. The van der Waals surface area contributed by atoms with Crippen LogP contribution in [0.15, 0.2) is 0 Å². The van der Waals surface area contributed by atoms with Gasteiger partial charge in [-0.1, -0.05) is 6.92 Å². The Labute approximate surface area is 92.1 Å². The van der Waals surface area contributed by atoms with Crippen LogP contribution in [0.3, 0.4) is 0 Å². The van der Waals surface area contributed by atoms with E-state index in [9.17, 15) is 8.42 Å². The minimum absolute atomic E-state index is 0.123. The van der Waals surface area contributed by atoms with E-state index in [-0.39, 0.29) is 12.5 Å². The van der Waals surface area contributed by atoms with Gasteiger partial charge in [0.25, 0.3) is 0 Å². The van der Waals surface area contributed by atoms with Gasteiger partial charge in [-0.15, -0.1) is 0 Å². The Morgan fingerprint density at radius 2 is 2.13 bits per heavy atom. The number of hydrogen-bond acceptors (Lipinski definition) is 4. The highest BCUT2D eigenvalue weighted by atomic mass is 32.2. The van der Waals surface area contributed by atoms with E-state index in [1.165, 1.54) is 6.26 Å². The molecule has 1 rings (SSSR count). The molecule has 2 N–H and O–H groups in total. The van der Waals surface area contributed by atoms with Crippen LogP contribution in [0.2, 0.25) is 0 Å². The van der Waals surface area contributed by atoms with Crippen molar-refractivity contribution < 1.29 is 13.2 Å². The molecule has 5 heteroatoms. The fraction of sp³-hybridized carbons (Fsp3) is 1.00. The Kier molecular flexibility index (Phi) is 3.79. The van der Waals surface area contributed by atoms with Crippen molar-refractivity contribution in [1.82, 2.24) is 0 Å². The number of methoxy groups -OCH3 is 1. The molecule has 1 aliphatic carbocycles. The first kappa shape index (κ1) is 12.9. The average Bonchev–Trinajstić information content (AvgIpc) is 2.43. The van der Waals surface area contributed by atoms with E-state index in [0.29, 0.717) is 18.9 Å². The van der Waals surface area contributed by atoms with Crippen LogP contribution in [0.4, 0.5) is 0 Å². The predicted molar refractivity (Wildman–Crippen MR) is 60.4 cm³/mol. The summed E-state index contributed by atoms with van der Waals surface area (Å²) in [7, 11) is -1.45. The van der Waals surface area contributed by atoms with Crippen molar-refractivity contribution in [3.63, 3.8) is 0 Å². The van der Waals surface area contributed by atoms with E-state index < -0.39 is 14.6 Å². The van der Waals surface area contributed by atoms with Gasteiger partial charge in [-0.05, 0) is 24.7 Å². The van der Waals surface area contributed by atoms with Crippen molar-refractivity contribution in [2.24, 2.45) is 17.6 Å². The van der Waals surface area contributed by atoms with Gasteiger partial charge >= 0.3 is 0 Å². The molecule has 1 aliphatic rings. The average molecular weight is 235 g/mol. The summed E-state index contributed by atoms with van der Waals surface area (Å²) >= 11 is 0. The monoisotopic (exact) mass is 235 g/mol. The van der Waals surface area contributed by atoms with Crippen LogP contribution in [0.5, 0.6) is 0 Å². The standard InChI is InChI=1S/C10H21NO3S/c1-8-4-9(6-14-2)5-10(8,7-11)15(3,12)13/h8-9H,4-7,11H2,1-3H3/t8-,9+,10-/m0/s1. The van der Waals surface area contributed by atoms with Gasteiger partial charge in [-0.2, -0.15) is 0 Å². The molecule has 0 bridgehead atoms. The normalized spacial score (nSPS) is 37.1. The Morgan fingerprint density at radius 3 is 2.47 bits per heavy atom. The van der Waals surface area contributed by atoms with Gasteiger partial charge in [0, 0.05) is 26.5 Å². The predicted octanol–water partition coefficient (Wildman–Crippen LogP) is 0.421. The lowest BCUT2D eigenvalue weighted by molar-refractivity contribution is 0.152. The zero-order valence-electron chi connectivity index (χ0n) is 9.69. The molecule has 0 amide bonds. The lowest BCUT2D eigenvalue weighted by Gasteiger charge is -2.30. The maximum Gasteiger partial charge on any atom is 0.154 e. The van der Waals surface area contributed by atoms with Gasteiger partial charge in [0.15, 0.2) is 9.84 Å². The molecule has 90 valence electrons. The Bertz CT molecular complexity index is 315. The second-order valence-electron chi connectivity index (χ2n) is 4.70. The highest BCUT2D eigenvalue weighted by molar-refractivity contribution is 7.92. The Hall–Kier alpha value is -0.130. The van der Waals surface area contributed by atoms with E-state index in [1.807, 2.05) is 6.92 Å². The molecule has 0 aliphatic heterocycles. The molecule has 1 saturated carbocycles. The summed E-state index contributed by atoms with van der Waals surface area (Å²) in [5.74, 6) is 0.445. The van der Waals surface area contributed by atoms with Crippen LogP contribution in [0.25, 0.3) is 0 Å². The van der Waals surface area contributed by atoms with Crippen molar-refractivity contribution in [2.75, 3.05) is 26.5 Å². The quantitative estimate of drug-likeness (QED) is 0.767. The molecule has 0 spiro atoms. The summed E-state index contributed by atoms with van der Waals surface area (Å²) in [6, 6.07) is 0. The number of nitrogens with two attached hydrogens (primary N) is 1. The lowest BCUT2D eigenvalue weighted by atomic mass is 9.97. The fourth-order valence-electron chi connectivity index (χ4n) is 2.80. The van der Waals surface area contributed by atoms with Crippen LogP contribution in [-0.2, 0) is 14.6 Å². The second-order valence-corrected chi connectivity index (χ2v) is 7.06. The molecule has 0 aromatic rings. The van der Waals surface area contributed by atoms with Gasteiger partial charge in [-0.3, -0.25) is 0 Å². The van der Waals surface area contributed by atoms with Crippen molar-refractivity contribution in [1.29, 1.82) is 0 Å². The molecular weight excluding hydrogens is 214 g/mol. The molecule has 0 heterocycles. The molecule has 4 nitrogen and oxygen atoms in total. The van der Waals surface area contributed by atoms with E-state index >= 15 is 0 Å². The van der Waals surface area contributed by atoms with Crippen LogP contribution in [0, 0.1) is 11.8 Å². The summed E-state index contributed by atoms with van der Waals surface area (Å²) in [6.07, 6.45) is 2.82. The van der Waals surface area contributed by atoms with Gasteiger partial charge in [0.1, 0.15) is 0 Å². The first-order valence-electron chi connectivity index (χ1n) is 5.26. The van der Waals surface area contributed by atoms with Crippen molar-refractivity contribution >= 4 is 9.84 Å². The molecule has 0 saturated heterocycles. The lowest BCUT2D eigenvalue weighted by Crippen LogP contribution is -2.47. The number of sulfone groups is 1. The zero-order valence-corrected chi connectivity index (χ0v) is 10.5. The highest BCUT2D eigenvalue weighted by Gasteiger charge is 2.51. The van der Waals surface area contributed by atoms with Crippen molar-refractivity contribution in [3.05, 3.63) is 0 Å².